The van der Waals surface area contributed by atoms with Crippen LogP contribution in [0.1, 0.15) is 13.8 Å². The second-order valence-corrected chi connectivity index (χ2v) is 5.38. The number of hydrogen-bond acceptors (Lipinski definition) is 5. The van der Waals surface area contributed by atoms with Crippen LogP contribution in [0, 0.1) is 0 Å². The van der Waals surface area contributed by atoms with Crippen molar-refractivity contribution in [2.24, 2.45) is 5.73 Å². The summed E-state index contributed by atoms with van der Waals surface area (Å²) in [5.74, 6) is 0.241. The summed E-state index contributed by atoms with van der Waals surface area (Å²) in [6.07, 6.45) is 0. The Labute approximate surface area is 129 Å². The molecule has 1 aromatic carbocycles. The zero-order valence-corrected chi connectivity index (χ0v) is 13.3. The molecule has 1 aromatic rings. The molecular weight excluding hydrogens is 288 g/mol. The van der Waals surface area contributed by atoms with Crippen LogP contribution < -0.4 is 10.6 Å². The van der Waals surface area contributed by atoms with Gasteiger partial charge in [0.15, 0.2) is 0 Å². The molecule has 1 atom stereocenters. The van der Waals surface area contributed by atoms with Crippen LogP contribution in [0.25, 0.3) is 0 Å². The van der Waals surface area contributed by atoms with Crippen molar-refractivity contribution in [3.8, 4) is 0 Å². The molecule has 0 aliphatic carbocycles. The summed E-state index contributed by atoms with van der Waals surface area (Å²) in [4.78, 5) is 25.3. The summed E-state index contributed by atoms with van der Waals surface area (Å²) in [6.45, 7) is 4.58. The lowest BCUT2D eigenvalue weighted by Crippen LogP contribution is -2.36. The van der Waals surface area contributed by atoms with E-state index in [-0.39, 0.29) is 11.7 Å². The SMILES string of the molecule is CCOC(=O)C(N)CSCC(=O)N(CC)c1ccccc1. The van der Waals surface area contributed by atoms with Crippen molar-refractivity contribution in [1.29, 1.82) is 0 Å². The van der Waals surface area contributed by atoms with Gasteiger partial charge in [-0.2, -0.15) is 0 Å². The highest BCUT2D eigenvalue weighted by atomic mass is 32.2. The predicted molar refractivity (Wildman–Crippen MR) is 86.4 cm³/mol. The first-order valence-corrected chi connectivity index (χ1v) is 8.11. The Hall–Kier alpha value is -1.53. The van der Waals surface area contributed by atoms with Gasteiger partial charge >= 0.3 is 5.97 Å². The smallest absolute Gasteiger partial charge is 0.323 e. The fraction of sp³-hybridized carbons (Fsp3) is 0.467. The van der Waals surface area contributed by atoms with Gasteiger partial charge in [0, 0.05) is 18.0 Å². The number of esters is 1. The molecule has 5 nitrogen and oxygen atoms in total. The van der Waals surface area contributed by atoms with E-state index in [1.165, 1.54) is 11.8 Å². The average molecular weight is 310 g/mol. The number of carbonyl (C=O) groups excluding carboxylic acids is 2. The van der Waals surface area contributed by atoms with Gasteiger partial charge in [0.2, 0.25) is 5.91 Å². The van der Waals surface area contributed by atoms with E-state index in [4.69, 9.17) is 10.5 Å². The number of thioether (sulfide) groups is 1. The predicted octanol–water partition coefficient (Wildman–Crippen LogP) is 1.66. The second-order valence-electron chi connectivity index (χ2n) is 4.35. The average Bonchev–Trinajstić information content (AvgIpc) is 2.49. The van der Waals surface area contributed by atoms with Crippen molar-refractivity contribution in [3.05, 3.63) is 30.3 Å². The van der Waals surface area contributed by atoms with Crippen molar-refractivity contribution >= 4 is 29.3 Å². The van der Waals surface area contributed by atoms with Crippen molar-refractivity contribution in [1.82, 2.24) is 0 Å². The number of hydrogen-bond donors (Lipinski definition) is 1. The van der Waals surface area contributed by atoms with E-state index in [0.29, 0.717) is 18.9 Å². The molecule has 1 unspecified atom stereocenters. The Kier molecular flexibility index (Phi) is 7.85. The Morgan fingerprint density at radius 3 is 2.52 bits per heavy atom. The third-order valence-corrected chi connectivity index (χ3v) is 3.84. The molecule has 1 rings (SSSR count). The summed E-state index contributed by atoms with van der Waals surface area (Å²) in [5, 5.41) is 0. The summed E-state index contributed by atoms with van der Waals surface area (Å²) in [7, 11) is 0. The first kappa shape index (κ1) is 17.5. The lowest BCUT2D eigenvalue weighted by molar-refractivity contribution is -0.144. The number of benzene rings is 1. The number of carbonyl (C=O) groups is 2. The van der Waals surface area contributed by atoms with Crippen LogP contribution in [0.4, 0.5) is 5.69 Å². The first-order valence-electron chi connectivity index (χ1n) is 6.95. The Balaban J connectivity index is 2.44. The van der Waals surface area contributed by atoms with Gasteiger partial charge in [0.1, 0.15) is 6.04 Å². The molecule has 0 spiro atoms. The van der Waals surface area contributed by atoms with Crippen LogP contribution in [0.3, 0.4) is 0 Å². The first-order chi connectivity index (χ1) is 10.1. The van der Waals surface area contributed by atoms with Crippen molar-refractivity contribution in [2.45, 2.75) is 19.9 Å². The van der Waals surface area contributed by atoms with Crippen LogP contribution in [0.15, 0.2) is 30.3 Å². The highest BCUT2D eigenvalue weighted by Crippen LogP contribution is 2.15. The van der Waals surface area contributed by atoms with Crippen LogP contribution in [0.5, 0.6) is 0 Å². The van der Waals surface area contributed by atoms with E-state index < -0.39 is 12.0 Å². The molecule has 1 amide bonds. The number of rotatable bonds is 8. The fourth-order valence-electron chi connectivity index (χ4n) is 1.78. The fourth-order valence-corrected chi connectivity index (χ4v) is 2.62. The molecule has 0 aliphatic heterocycles. The van der Waals surface area contributed by atoms with Gasteiger partial charge in [-0.3, -0.25) is 9.59 Å². The standard InChI is InChI=1S/C15H22N2O3S/c1-3-17(12-8-6-5-7-9-12)14(18)11-21-10-13(16)15(19)20-4-2/h5-9,13H,3-4,10-11,16H2,1-2H3. The molecular formula is C15H22N2O3S. The Morgan fingerprint density at radius 1 is 1.29 bits per heavy atom. The maximum Gasteiger partial charge on any atom is 0.323 e. The zero-order chi connectivity index (χ0) is 15.7. The molecule has 2 N–H and O–H groups in total. The summed E-state index contributed by atoms with van der Waals surface area (Å²) < 4.78 is 4.83. The molecule has 0 radical (unpaired) electrons. The Morgan fingerprint density at radius 2 is 1.95 bits per heavy atom. The molecule has 0 saturated heterocycles. The van der Waals surface area contributed by atoms with E-state index >= 15 is 0 Å². The van der Waals surface area contributed by atoms with Crippen molar-refractivity contribution < 1.29 is 14.3 Å². The molecule has 0 bridgehead atoms. The topological polar surface area (TPSA) is 72.6 Å². The number of nitrogens with two attached hydrogens (primary N) is 1. The van der Waals surface area contributed by atoms with Crippen LogP contribution >= 0.6 is 11.8 Å². The van der Waals surface area contributed by atoms with Crippen molar-refractivity contribution in [2.75, 3.05) is 29.6 Å². The van der Waals surface area contributed by atoms with E-state index in [9.17, 15) is 9.59 Å². The number of para-hydroxylation sites is 1. The van der Waals surface area contributed by atoms with Crippen LogP contribution in [0.2, 0.25) is 0 Å². The largest absolute Gasteiger partial charge is 0.465 e. The molecule has 0 heterocycles. The molecule has 0 fully saturated rings. The minimum atomic E-state index is -0.686. The van der Waals surface area contributed by atoms with Crippen LogP contribution in [-0.2, 0) is 14.3 Å². The maximum atomic E-state index is 12.2. The third kappa shape index (κ3) is 5.77. The summed E-state index contributed by atoms with van der Waals surface area (Å²) >= 11 is 1.34. The molecule has 21 heavy (non-hydrogen) atoms. The Bertz CT molecular complexity index is 453. The molecule has 0 aliphatic rings. The molecule has 0 saturated carbocycles. The minimum Gasteiger partial charge on any atom is -0.465 e. The van der Waals surface area contributed by atoms with Gasteiger partial charge in [-0.25, -0.2) is 0 Å². The monoisotopic (exact) mass is 310 g/mol. The quantitative estimate of drug-likeness (QED) is 0.739. The van der Waals surface area contributed by atoms with Gasteiger partial charge in [-0.05, 0) is 26.0 Å². The van der Waals surface area contributed by atoms with Gasteiger partial charge in [0.05, 0.1) is 12.4 Å². The molecule has 116 valence electrons. The van der Waals surface area contributed by atoms with E-state index in [1.54, 1.807) is 11.8 Å². The number of nitrogens with zero attached hydrogens (tertiary/aromatic N) is 1. The molecule has 6 heteroatoms. The number of ether oxygens (including phenoxy) is 1. The van der Waals surface area contributed by atoms with Gasteiger partial charge in [-0.15, -0.1) is 11.8 Å². The van der Waals surface area contributed by atoms with E-state index in [0.717, 1.165) is 5.69 Å². The van der Waals surface area contributed by atoms with Gasteiger partial charge < -0.3 is 15.4 Å². The zero-order valence-electron chi connectivity index (χ0n) is 12.5. The number of anilines is 1. The van der Waals surface area contributed by atoms with Gasteiger partial charge in [0.25, 0.3) is 0 Å². The normalized spacial score (nSPS) is 11.8. The lowest BCUT2D eigenvalue weighted by atomic mass is 10.3. The van der Waals surface area contributed by atoms with Gasteiger partial charge in [-0.1, -0.05) is 18.2 Å². The highest BCUT2D eigenvalue weighted by Gasteiger charge is 2.17. The summed E-state index contributed by atoms with van der Waals surface area (Å²) in [5.41, 5.74) is 6.56. The van der Waals surface area contributed by atoms with E-state index in [2.05, 4.69) is 0 Å². The number of amides is 1. The van der Waals surface area contributed by atoms with E-state index in [1.807, 2.05) is 37.3 Å². The van der Waals surface area contributed by atoms with Crippen molar-refractivity contribution in [3.63, 3.8) is 0 Å². The minimum absolute atomic E-state index is 0.00441. The third-order valence-electron chi connectivity index (χ3n) is 2.80. The van der Waals surface area contributed by atoms with Crippen LogP contribution in [-0.4, -0.2) is 42.6 Å². The molecule has 0 aromatic heterocycles. The lowest BCUT2D eigenvalue weighted by Gasteiger charge is -2.21. The summed E-state index contributed by atoms with van der Waals surface area (Å²) in [6, 6.07) is 8.82. The maximum absolute atomic E-state index is 12.2. The highest BCUT2D eigenvalue weighted by molar-refractivity contribution is 8.00. The second kappa shape index (κ2) is 9.41.